The van der Waals surface area contributed by atoms with Gasteiger partial charge in [-0.25, -0.2) is 0 Å². The molecule has 0 spiro atoms. The van der Waals surface area contributed by atoms with E-state index in [0.29, 0.717) is 6.42 Å². The fourth-order valence-corrected chi connectivity index (χ4v) is 5.69. The van der Waals surface area contributed by atoms with E-state index in [1.54, 1.807) is 0 Å². The minimum atomic E-state index is -0.620. The van der Waals surface area contributed by atoms with Crippen LogP contribution in [0.15, 0.2) is 66.2 Å². The fraction of sp³-hybridized carbons (Fsp3) is 0.296. The van der Waals surface area contributed by atoms with Crippen LogP contribution >= 0.6 is 0 Å². The predicted octanol–water partition coefficient (Wildman–Crippen LogP) is 4.13. The third-order valence-electron chi connectivity index (χ3n) is 7.19. The standard InChI is InChI=1S/C27H25N3O2/c1-17-23-11-10-22-24(19-7-5-6-18(14-19)12-13-31)29-30-26(22)27(23,15-20(16-28)25(17)32)21-8-3-2-4-9-21/h2-9,14-15,17,23,31H,10-13H2,1H3,(H,29,30)/t17-,23-,27-/m1/s1. The second-order valence-electron chi connectivity index (χ2n) is 8.80. The molecule has 1 aromatic heterocycles. The molecular formula is C27H25N3O2. The van der Waals surface area contributed by atoms with E-state index in [1.165, 1.54) is 0 Å². The summed E-state index contributed by atoms with van der Waals surface area (Å²) in [5, 5.41) is 27.2. The van der Waals surface area contributed by atoms with Gasteiger partial charge in [0.25, 0.3) is 0 Å². The highest BCUT2D eigenvalue weighted by molar-refractivity contribution is 6.02. The van der Waals surface area contributed by atoms with Crippen LogP contribution in [-0.4, -0.2) is 27.7 Å². The normalized spacial score (nSPS) is 24.3. The zero-order valence-corrected chi connectivity index (χ0v) is 18.0. The number of rotatable bonds is 4. The Labute approximate surface area is 187 Å². The number of aliphatic hydroxyl groups excluding tert-OH is 1. The van der Waals surface area contributed by atoms with Gasteiger partial charge in [0.15, 0.2) is 5.78 Å². The summed E-state index contributed by atoms with van der Waals surface area (Å²) in [6.07, 6.45) is 4.14. The van der Waals surface area contributed by atoms with E-state index in [2.05, 4.69) is 35.4 Å². The average Bonchev–Trinajstić information content (AvgIpc) is 3.27. The number of hydrogen-bond donors (Lipinski definition) is 2. The number of aromatic nitrogens is 2. The lowest BCUT2D eigenvalue weighted by atomic mass is 9.54. The SMILES string of the molecule is C[C@H]1C(=O)C(C#N)=C[C@]2(c3ccccc3)c3n[nH]c(-c4cccc(CCO)c4)c3CC[C@H]12. The third-order valence-corrected chi connectivity index (χ3v) is 7.19. The van der Waals surface area contributed by atoms with Gasteiger partial charge in [0.1, 0.15) is 6.07 Å². The first kappa shape index (κ1) is 20.4. The van der Waals surface area contributed by atoms with E-state index < -0.39 is 5.41 Å². The molecule has 0 bridgehead atoms. The number of allylic oxidation sites excluding steroid dienone is 2. The zero-order chi connectivity index (χ0) is 22.3. The van der Waals surface area contributed by atoms with Gasteiger partial charge in [-0.1, -0.05) is 55.5 Å². The first-order valence-electron chi connectivity index (χ1n) is 11.1. The molecule has 0 saturated carbocycles. The summed E-state index contributed by atoms with van der Waals surface area (Å²) in [5.74, 6) is -0.283. The van der Waals surface area contributed by atoms with E-state index in [9.17, 15) is 15.2 Å². The van der Waals surface area contributed by atoms with Crippen LogP contribution in [0, 0.1) is 23.2 Å². The Bertz CT molecular complexity index is 1250. The number of carbonyl (C=O) groups excluding carboxylic acids is 1. The molecule has 0 aliphatic heterocycles. The van der Waals surface area contributed by atoms with Crippen LogP contribution in [0.3, 0.4) is 0 Å². The maximum Gasteiger partial charge on any atom is 0.176 e. The molecule has 3 aromatic rings. The second-order valence-corrected chi connectivity index (χ2v) is 8.80. The molecule has 3 atom stereocenters. The van der Waals surface area contributed by atoms with Crippen molar-refractivity contribution in [3.05, 3.63) is 88.6 Å². The molecule has 1 heterocycles. The number of nitriles is 1. The van der Waals surface area contributed by atoms with Crippen molar-refractivity contribution in [1.82, 2.24) is 10.2 Å². The minimum absolute atomic E-state index is 0.0406. The number of H-pyrrole nitrogens is 1. The lowest BCUT2D eigenvalue weighted by Gasteiger charge is -2.47. The maximum atomic E-state index is 12.9. The summed E-state index contributed by atoms with van der Waals surface area (Å²) >= 11 is 0. The van der Waals surface area contributed by atoms with Gasteiger partial charge in [-0.15, -0.1) is 0 Å². The first-order chi connectivity index (χ1) is 15.6. The first-order valence-corrected chi connectivity index (χ1v) is 11.1. The molecule has 160 valence electrons. The Kier molecular flexibility index (Phi) is 5.03. The molecule has 5 heteroatoms. The van der Waals surface area contributed by atoms with Crippen LogP contribution in [0.4, 0.5) is 0 Å². The Morgan fingerprint density at radius 2 is 2.03 bits per heavy atom. The van der Waals surface area contributed by atoms with Crippen molar-refractivity contribution < 1.29 is 9.90 Å². The van der Waals surface area contributed by atoms with Gasteiger partial charge in [0.05, 0.1) is 22.4 Å². The smallest absolute Gasteiger partial charge is 0.176 e. The number of aliphatic hydroxyl groups is 1. The largest absolute Gasteiger partial charge is 0.396 e. The number of aromatic amines is 1. The molecular weight excluding hydrogens is 398 g/mol. The lowest BCUT2D eigenvalue weighted by Crippen LogP contribution is -2.48. The molecule has 0 fully saturated rings. The number of Topliss-reactive ketones (excluding diaryl/α,β-unsaturated/α-hetero) is 1. The molecule has 32 heavy (non-hydrogen) atoms. The van der Waals surface area contributed by atoms with Crippen LogP contribution in [-0.2, 0) is 23.1 Å². The van der Waals surface area contributed by atoms with Crippen LogP contribution in [0.25, 0.3) is 11.3 Å². The predicted molar refractivity (Wildman–Crippen MR) is 122 cm³/mol. The van der Waals surface area contributed by atoms with Crippen molar-refractivity contribution >= 4 is 5.78 Å². The van der Waals surface area contributed by atoms with Crippen LogP contribution < -0.4 is 0 Å². The number of carbonyl (C=O) groups is 1. The number of benzene rings is 2. The van der Waals surface area contributed by atoms with Crippen LogP contribution in [0.1, 0.15) is 35.7 Å². The van der Waals surface area contributed by atoms with E-state index >= 15 is 0 Å². The Morgan fingerprint density at radius 3 is 2.78 bits per heavy atom. The summed E-state index contributed by atoms with van der Waals surface area (Å²) in [6.45, 7) is 2.06. The van der Waals surface area contributed by atoms with Crippen molar-refractivity contribution in [3.63, 3.8) is 0 Å². The number of ketones is 1. The average molecular weight is 424 g/mol. The van der Waals surface area contributed by atoms with Crippen LogP contribution in [0.2, 0.25) is 0 Å². The highest BCUT2D eigenvalue weighted by Crippen LogP contribution is 2.54. The molecule has 5 nitrogen and oxygen atoms in total. The van der Waals surface area contributed by atoms with Gasteiger partial charge in [-0.3, -0.25) is 9.89 Å². The molecule has 0 unspecified atom stereocenters. The van der Waals surface area contributed by atoms with Crippen molar-refractivity contribution in [3.8, 4) is 17.3 Å². The monoisotopic (exact) mass is 423 g/mol. The van der Waals surface area contributed by atoms with Crippen LogP contribution in [0.5, 0.6) is 0 Å². The third kappa shape index (κ3) is 2.95. The lowest BCUT2D eigenvalue weighted by molar-refractivity contribution is -0.121. The molecule has 0 amide bonds. The van der Waals surface area contributed by atoms with Crippen molar-refractivity contribution in [2.75, 3.05) is 6.61 Å². The minimum Gasteiger partial charge on any atom is -0.396 e. The Hall–Kier alpha value is -3.49. The van der Waals surface area contributed by atoms with Gasteiger partial charge in [-0.05, 0) is 48.4 Å². The summed E-state index contributed by atoms with van der Waals surface area (Å²) in [7, 11) is 0. The number of nitrogens with zero attached hydrogens (tertiary/aromatic N) is 2. The van der Waals surface area contributed by atoms with E-state index in [-0.39, 0.29) is 29.8 Å². The molecule has 0 radical (unpaired) electrons. The number of hydrogen-bond acceptors (Lipinski definition) is 4. The quantitative estimate of drug-likeness (QED) is 0.660. The summed E-state index contributed by atoms with van der Waals surface area (Å²) in [5.41, 5.74) is 5.80. The van der Waals surface area contributed by atoms with Gasteiger partial charge in [0.2, 0.25) is 0 Å². The number of nitrogens with one attached hydrogen (secondary N) is 1. The van der Waals surface area contributed by atoms with E-state index in [1.807, 2.05) is 43.3 Å². The molecule has 5 rings (SSSR count). The number of fused-ring (bicyclic) bond motifs is 3. The second kappa shape index (κ2) is 7.89. The molecule has 0 saturated heterocycles. The zero-order valence-electron chi connectivity index (χ0n) is 18.0. The van der Waals surface area contributed by atoms with Crippen molar-refractivity contribution in [2.45, 2.75) is 31.6 Å². The van der Waals surface area contributed by atoms with Gasteiger partial charge in [0, 0.05) is 23.7 Å². The molecule has 2 aliphatic carbocycles. The Morgan fingerprint density at radius 1 is 1.22 bits per heavy atom. The fourth-order valence-electron chi connectivity index (χ4n) is 5.69. The van der Waals surface area contributed by atoms with E-state index in [0.717, 1.165) is 46.5 Å². The molecule has 2 aliphatic rings. The topological polar surface area (TPSA) is 89.8 Å². The highest BCUT2D eigenvalue weighted by atomic mass is 16.3. The van der Waals surface area contributed by atoms with Crippen molar-refractivity contribution in [1.29, 1.82) is 5.26 Å². The van der Waals surface area contributed by atoms with Crippen molar-refractivity contribution in [2.24, 2.45) is 11.8 Å². The van der Waals surface area contributed by atoms with Gasteiger partial charge in [-0.2, -0.15) is 10.4 Å². The van der Waals surface area contributed by atoms with E-state index in [4.69, 9.17) is 5.10 Å². The summed E-state index contributed by atoms with van der Waals surface area (Å²) in [6, 6.07) is 20.5. The Balaban J connectivity index is 1.75. The summed E-state index contributed by atoms with van der Waals surface area (Å²) < 4.78 is 0. The maximum absolute atomic E-state index is 12.9. The molecule has 2 aromatic carbocycles. The summed E-state index contributed by atoms with van der Waals surface area (Å²) in [4.78, 5) is 12.9. The molecule has 2 N–H and O–H groups in total. The van der Waals surface area contributed by atoms with Gasteiger partial charge >= 0.3 is 0 Å². The highest BCUT2D eigenvalue weighted by Gasteiger charge is 2.53. The van der Waals surface area contributed by atoms with Gasteiger partial charge < -0.3 is 5.11 Å².